The van der Waals surface area contributed by atoms with Crippen molar-refractivity contribution in [3.63, 3.8) is 0 Å². The van der Waals surface area contributed by atoms with Gasteiger partial charge in [-0.25, -0.2) is 4.98 Å². The smallest absolute Gasteiger partial charge is 0.256 e. The molecule has 128 valence electrons. The zero-order chi connectivity index (χ0) is 17.1. The van der Waals surface area contributed by atoms with E-state index < -0.39 is 0 Å². The fraction of sp³-hybridized carbons (Fsp3) is 0.533. The number of likely N-dealkylation sites (tertiary alicyclic amines) is 1. The summed E-state index contributed by atoms with van der Waals surface area (Å²) in [6.45, 7) is 4.74. The van der Waals surface area contributed by atoms with Gasteiger partial charge in [0.05, 0.1) is 18.1 Å². The first-order chi connectivity index (χ1) is 11.5. The van der Waals surface area contributed by atoms with Crippen LogP contribution >= 0.6 is 11.7 Å². The molecule has 0 atom stereocenters. The SMILES string of the molecule is Cc1ncn(CC(=O)N2CCC(Oc3cnsn3)CC2)c(=O)c1C. The van der Waals surface area contributed by atoms with Gasteiger partial charge < -0.3 is 9.64 Å². The Balaban J connectivity index is 1.56. The van der Waals surface area contributed by atoms with Gasteiger partial charge in [-0.3, -0.25) is 14.2 Å². The Morgan fingerprint density at radius 2 is 2.12 bits per heavy atom. The van der Waals surface area contributed by atoms with Crippen LogP contribution in [-0.2, 0) is 11.3 Å². The lowest BCUT2D eigenvalue weighted by Gasteiger charge is -2.31. The number of nitrogens with zero attached hydrogens (tertiary/aromatic N) is 5. The lowest BCUT2D eigenvalue weighted by Crippen LogP contribution is -2.44. The molecule has 8 nitrogen and oxygen atoms in total. The zero-order valence-electron chi connectivity index (χ0n) is 13.6. The summed E-state index contributed by atoms with van der Waals surface area (Å²) in [6.07, 6.45) is 4.56. The van der Waals surface area contributed by atoms with E-state index in [0.717, 1.165) is 24.6 Å². The Bertz CT molecular complexity index is 766. The van der Waals surface area contributed by atoms with Gasteiger partial charge in [-0.1, -0.05) is 0 Å². The van der Waals surface area contributed by atoms with Crippen molar-refractivity contribution in [3.8, 4) is 5.88 Å². The Labute approximate surface area is 143 Å². The molecular formula is C15H19N5O3S. The quantitative estimate of drug-likeness (QED) is 0.810. The second kappa shape index (κ2) is 7.08. The molecule has 3 heterocycles. The third-order valence-electron chi connectivity index (χ3n) is 4.24. The number of carbonyl (C=O) groups is 1. The van der Waals surface area contributed by atoms with E-state index in [2.05, 4.69) is 13.7 Å². The highest BCUT2D eigenvalue weighted by atomic mass is 32.1. The molecule has 1 saturated heterocycles. The third-order valence-corrected chi connectivity index (χ3v) is 4.71. The number of aromatic nitrogens is 4. The zero-order valence-corrected chi connectivity index (χ0v) is 14.5. The summed E-state index contributed by atoms with van der Waals surface area (Å²) in [7, 11) is 0. The average molecular weight is 349 g/mol. The fourth-order valence-electron chi connectivity index (χ4n) is 2.64. The van der Waals surface area contributed by atoms with Crippen molar-refractivity contribution in [2.45, 2.75) is 39.3 Å². The minimum absolute atomic E-state index is 0.0223. The second-order valence-corrected chi connectivity index (χ2v) is 6.39. The number of rotatable bonds is 4. The van der Waals surface area contributed by atoms with Gasteiger partial charge in [-0.15, -0.1) is 4.37 Å². The van der Waals surface area contributed by atoms with Crippen LogP contribution in [-0.4, -0.2) is 48.3 Å². The highest BCUT2D eigenvalue weighted by Gasteiger charge is 2.24. The number of amides is 1. The molecule has 0 unspecified atom stereocenters. The van der Waals surface area contributed by atoms with Crippen LogP contribution in [0, 0.1) is 13.8 Å². The van der Waals surface area contributed by atoms with Gasteiger partial charge in [0, 0.05) is 37.2 Å². The van der Waals surface area contributed by atoms with Crippen LogP contribution in [0.25, 0.3) is 0 Å². The van der Waals surface area contributed by atoms with Crippen LogP contribution in [0.1, 0.15) is 24.1 Å². The molecule has 0 radical (unpaired) electrons. The molecule has 0 aromatic carbocycles. The van der Waals surface area contributed by atoms with E-state index in [1.807, 2.05) is 0 Å². The van der Waals surface area contributed by atoms with E-state index in [9.17, 15) is 9.59 Å². The highest BCUT2D eigenvalue weighted by Crippen LogP contribution is 2.17. The van der Waals surface area contributed by atoms with Crippen molar-refractivity contribution in [1.82, 2.24) is 23.2 Å². The monoisotopic (exact) mass is 349 g/mol. The number of carbonyl (C=O) groups excluding carboxylic acids is 1. The van der Waals surface area contributed by atoms with Gasteiger partial charge >= 0.3 is 0 Å². The molecule has 1 amide bonds. The minimum Gasteiger partial charge on any atom is -0.472 e. The summed E-state index contributed by atoms with van der Waals surface area (Å²) >= 11 is 1.11. The number of aryl methyl sites for hydroxylation is 1. The van der Waals surface area contributed by atoms with Crippen LogP contribution in [0.2, 0.25) is 0 Å². The van der Waals surface area contributed by atoms with Gasteiger partial charge in [0.2, 0.25) is 11.8 Å². The molecule has 24 heavy (non-hydrogen) atoms. The maximum absolute atomic E-state index is 12.4. The molecule has 0 spiro atoms. The van der Waals surface area contributed by atoms with E-state index in [-0.39, 0.29) is 24.1 Å². The van der Waals surface area contributed by atoms with E-state index in [1.54, 1.807) is 24.9 Å². The summed E-state index contributed by atoms with van der Waals surface area (Å²) in [5.41, 5.74) is 1.11. The lowest BCUT2D eigenvalue weighted by molar-refractivity contribution is -0.133. The summed E-state index contributed by atoms with van der Waals surface area (Å²) in [4.78, 5) is 30.5. The topological polar surface area (TPSA) is 90.2 Å². The molecule has 1 aliphatic heterocycles. The van der Waals surface area contributed by atoms with Crippen molar-refractivity contribution in [2.75, 3.05) is 13.1 Å². The Morgan fingerprint density at radius 3 is 2.79 bits per heavy atom. The van der Waals surface area contributed by atoms with Crippen LogP contribution in [0.15, 0.2) is 17.3 Å². The van der Waals surface area contributed by atoms with Crippen molar-refractivity contribution in [2.24, 2.45) is 0 Å². The minimum atomic E-state index is -0.162. The summed E-state index contributed by atoms with van der Waals surface area (Å²) in [6, 6.07) is 0. The maximum atomic E-state index is 12.4. The highest BCUT2D eigenvalue weighted by molar-refractivity contribution is 6.99. The molecule has 3 rings (SSSR count). The summed E-state index contributed by atoms with van der Waals surface area (Å²) in [5.74, 6) is 0.466. The van der Waals surface area contributed by atoms with E-state index in [0.29, 0.717) is 30.2 Å². The third kappa shape index (κ3) is 3.61. The Morgan fingerprint density at radius 1 is 1.38 bits per heavy atom. The van der Waals surface area contributed by atoms with Gasteiger partial charge in [0.1, 0.15) is 18.8 Å². The molecule has 0 bridgehead atoms. The molecule has 2 aromatic heterocycles. The van der Waals surface area contributed by atoms with Gasteiger partial charge in [-0.2, -0.15) is 4.37 Å². The molecule has 0 saturated carbocycles. The van der Waals surface area contributed by atoms with Crippen LogP contribution < -0.4 is 10.3 Å². The van der Waals surface area contributed by atoms with Crippen molar-refractivity contribution in [1.29, 1.82) is 0 Å². The first-order valence-electron chi connectivity index (χ1n) is 7.79. The molecule has 0 N–H and O–H groups in total. The molecule has 1 aliphatic rings. The van der Waals surface area contributed by atoms with Gasteiger partial charge in [0.25, 0.3) is 5.56 Å². The number of ether oxygens (including phenoxy) is 1. The molecule has 9 heteroatoms. The predicted molar refractivity (Wildman–Crippen MR) is 88.1 cm³/mol. The number of hydrogen-bond donors (Lipinski definition) is 0. The largest absolute Gasteiger partial charge is 0.472 e. The van der Waals surface area contributed by atoms with Crippen LogP contribution in [0.4, 0.5) is 0 Å². The normalized spacial score (nSPS) is 15.5. The van der Waals surface area contributed by atoms with Crippen LogP contribution in [0.3, 0.4) is 0 Å². The van der Waals surface area contributed by atoms with Crippen LogP contribution in [0.5, 0.6) is 5.88 Å². The molecule has 0 aliphatic carbocycles. The first-order valence-corrected chi connectivity index (χ1v) is 8.52. The maximum Gasteiger partial charge on any atom is 0.256 e. The molecule has 1 fully saturated rings. The van der Waals surface area contributed by atoms with Gasteiger partial charge in [0.15, 0.2) is 0 Å². The van der Waals surface area contributed by atoms with E-state index >= 15 is 0 Å². The number of piperidine rings is 1. The lowest BCUT2D eigenvalue weighted by atomic mass is 10.1. The Hall–Kier alpha value is -2.29. The van der Waals surface area contributed by atoms with Crippen molar-refractivity contribution in [3.05, 3.63) is 34.1 Å². The second-order valence-electron chi connectivity index (χ2n) is 5.83. The Kier molecular flexibility index (Phi) is 4.89. The molecule has 2 aromatic rings. The van der Waals surface area contributed by atoms with E-state index in [1.165, 1.54) is 10.9 Å². The van der Waals surface area contributed by atoms with E-state index in [4.69, 9.17) is 4.74 Å². The summed E-state index contributed by atoms with van der Waals surface area (Å²) in [5, 5.41) is 0. The standard InChI is InChI=1S/C15H19N5O3S/c1-10-11(2)16-9-20(15(10)22)8-14(21)19-5-3-12(4-6-19)23-13-7-17-24-18-13/h7,9,12H,3-6,8H2,1-2H3. The summed E-state index contributed by atoms with van der Waals surface area (Å²) < 4.78 is 15.0. The van der Waals surface area contributed by atoms with Crippen molar-refractivity contribution < 1.29 is 9.53 Å². The van der Waals surface area contributed by atoms with Gasteiger partial charge in [-0.05, 0) is 13.8 Å². The number of hydrogen-bond acceptors (Lipinski definition) is 7. The first kappa shape index (κ1) is 16.6. The fourth-order valence-corrected chi connectivity index (χ4v) is 2.99. The predicted octanol–water partition coefficient (Wildman–Crippen LogP) is 0.782. The molecular weight excluding hydrogens is 330 g/mol. The van der Waals surface area contributed by atoms with Crippen molar-refractivity contribution >= 4 is 17.6 Å². The average Bonchev–Trinajstić information content (AvgIpc) is 3.09.